The Hall–Kier alpha value is -1.50. The number of hydrogen-bond donors (Lipinski definition) is 2. The minimum atomic E-state index is -0.260. The van der Waals surface area contributed by atoms with Crippen LogP contribution in [0, 0.1) is 12.3 Å². The summed E-state index contributed by atoms with van der Waals surface area (Å²) in [6.45, 7) is 4.99. The molecular weight excluding hydrogens is 226 g/mol. The van der Waals surface area contributed by atoms with Gasteiger partial charge in [-0.15, -0.1) is 6.42 Å². The molecule has 0 saturated carbocycles. The molecule has 0 heterocycles. The predicted molar refractivity (Wildman–Crippen MR) is 73.5 cm³/mol. The second kappa shape index (κ2) is 7.75. The van der Waals surface area contributed by atoms with E-state index in [-0.39, 0.29) is 12.1 Å². The monoisotopic (exact) mass is 247 g/mol. The van der Waals surface area contributed by atoms with Crippen molar-refractivity contribution in [1.82, 2.24) is 5.32 Å². The normalized spacial score (nSPS) is 13.7. The Morgan fingerprint density at radius 3 is 2.56 bits per heavy atom. The van der Waals surface area contributed by atoms with Crippen LogP contribution in [0.2, 0.25) is 0 Å². The molecule has 0 bridgehead atoms. The molecule has 0 spiro atoms. The molecule has 3 nitrogen and oxygen atoms in total. The van der Waals surface area contributed by atoms with Gasteiger partial charge in [-0.3, -0.25) is 0 Å². The highest BCUT2D eigenvalue weighted by molar-refractivity contribution is 5.29. The fourth-order valence-corrected chi connectivity index (χ4v) is 1.60. The molecule has 18 heavy (non-hydrogen) atoms. The summed E-state index contributed by atoms with van der Waals surface area (Å²) in [5.41, 5.74) is 1.19. The molecule has 2 atom stereocenters. The first-order valence-corrected chi connectivity index (χ1v) is 6.21. The largest absolute Gasteiger partial charge is 0.481 e. The number of rotatable bonds is 7. The lowest BCUT2D eigenvalue weighted by Crippen LogP contribution is -2.22. The van der Waals surface area contributed by atoms with Gasteiger partial charge in [0.15, 0.2) is 0 Å². The lowest BCUT2D eigenvalue weighted by atomic mass is 10.1. The number of ether oxygens (including phenoxy) is 1. The summed E-state index contributed by atoms with van der Waals surface area (Å²) in [5.74, 6) is 3.22. The van der Waals surface area contributed by atoms with E-state index in [2.05, 4.69) is 18.2 Å². The topological polar surface area (TPSA) is 41.5 Å². The van der Waals surface area contributed by atoms with E-state index in [1.807, 2.05) is 24.3 Å². The first-order valence-electron chi connectivity index (χ1n) is 6.21. The fraction of sp³-hybridized carbons (Fsp3) is 0.467. The molecule has 0 aliphatic carbocycles. The van der Waals surface area contributed by atoms with Gasteiger partial charge in [0.05, 0.1) is 6.10 Å². The van der Waals surface area contributed by atoms with Crippen LogP contribution < -0.4 is 10.1 Å². The molecular formula is C15H21NO2. The van der Waals surface area contributed by atoms with Crippen molar-refractivity contribution in [1.29, 1.82) is 0 Å². The van der Waals surface area contributed by atoms with Crippen LogP contribution in [0.1, 0.15) is 31.9 Å². The molecule has 0 amide bonds. The van der Waals surface area contributed by atoms with Gasteiger partial charge in [-0.05, 0) is 44.5 Å². The van der Waals surface area contributed by atoms with Gasteiger partial charge < -0.3 is 15.2 Å². The minimum Gasteiger partial charge on any atom is -0.481 e. The van der Waals surface area contributed by atoms with Crippen LogP contribution in [0.15, 0.2) is 24.3 Å². The smallest absolute Gasteiger partial charge is 0.148 e. The molecule has 0 radical (unpaired) electrons. The maximum atomic E-state index is 9.18. The molecule has 2 N–H and O–H groups in total. The highest BCUT2D eigenvalue weighted by Gasteiger charge is 2.05. The Morgan fingerprint density at radius 2 is 2.00 bits per heavy atom. The first kappa shape index (κ1) is 14.6. The number of benzene rings is 1. The quantitative estimate of drug-likeness (QED) is 0.725. The van der Waals surface area contributed by atoms with Crippen LogP contribution in [0.4, 0.5) is 0 Å². The van der Waals surface area contributed by atoms with Crippen molar-refractivity contribution in [2.24, 2.45) is 0 Å². The van der Waals surface area contributed by atoms with Gasteiger partial charge in [-0.2, -0.15) is 0 Å². The van der Waals surface area contributed by atoms with Crippen LogP contribution in [-0.2, 0) is 0 Å². The van der Waals surface area contributed by atoms with Gasteiger partial charge in [-0.1, -0.05) is 18.1 Å². The van der Waals surface area contributed by atoms with E-state index in [0.29, 0.717) is 6.61 Å². The SMILES string of the molecule is C#CCOc1ccc(C(C)NCCC(C)O)cc1. The number of nitrogens with one attached hydrogen (secondary N) is 1. The Balaban J connectivity index is 2.43. The van der Waals surface area contributed by atoms with Crippen molar-refractivity contribution in [2.45, 2.75) is 32.4 Å². The molecule has 1 aromatic carbocycles. The molecule has 98 valence electrons. The number of aliphatic hydroxyl groups is 1. The van der Waals surface area contributed by atoms with Crippen LogP contribution in [0.5, 0.6) is 5.75 Å². The Labute approximate surface area is 109 Å². The Kier molecular flexibility index (Phi) is 6.27. The lowest BCUT2D eigenvalue weighted by Gasteiger charge is -2.15. The van der Waals surface area contributed by atoms with Crippen LogP contribution >= 0.6 is 0 Å². The van der Waals surface area contributed by atoms with E-state index in [9.17, 15) is 5.11 Å². The van der Waals surface area contributed by atoms with E-state index in [1.165, 1.54) is 5.56 Å². The van der Waals surface area contributed by atoms with Gasteiger partial charge in [0, 0.05) is 6.04 Å². The van der Waals surface area contributed by atoms with E-state index in [1.54, 1.807) is 6.92 Å². The van der Waals surface area contributed by atoms with Gasteiger partial charge in [0.1, 0.15) is 12.4 Å². The van der Waals surface area contributed by atoms with Crippen molar-refractivity contribution in [2.75, 3.05) is 13.2 Å². The third-order valence-electron chi connectivity index (χ3n) is 2.71. The Morgan fingerprint density at radius 1 is 1.33 bits per heavy atom. The number of aliphatic hydroxyl groups excluding tert-OH is 1. The zero-order chi connectivity index (χ0) is 13.4. The molecule has 0 saturated heterocycles. The summed E-state index contributed by atoms with van der Waals surface area (Å²) in [4.78, 5) is 0. The third kappa shape index (κ3) is 5.22. The molecule has 0 fully saturated rings. The average Bonchev–Trinajstić information content (AvgIpc) is 2.36. The van der Waals surface area contributed by atoms with Crippen molar-refractivity contribution < 1.29 is 9.84 Å². The van der Waals surface area contributed by atoms with Gasteiger partial charge in [-0.25, -0.2) is 0 Å². The zero-order valence-electron chi connectivity index (χ0n) is 11.0. The molecule has 0 aliphatic heterocycles. The summed E-state index contributed by atoms with van der Waals surface area (Å²) in [5, 5.41) is 12.5. The predicted octanol–water partition coefficient (Wildman–Crippen LogP) is 2.12. The minimum absolute atomic E-state index is 0.255. The average molecular weight is 247 g/mol. The van der Waals surface area contributed by atoms with Crippen LogP contribution in [0.3, 0.4) is 0 Å². The summed E-state index contributed by atoms with van der Waals surface area (Å²) < 4.78 is 5.31. The van der Waals surface area contributed by atoms with E-state index in [4.69, 9.17) is 11.2 Å². The maximum Gasteiger partial charge on any atom is 0.148 e. The fourth-order valence-electron chi connectivity index (χ4n) is 1.60. The van der Waals surface area contributed by atoms with E-state index < -0.39 is 0 Å². The third-order valence-corrected chi connectivity index (χ3v) is 2.71. The molecule has 1 aromatic rings. The summed E-state index contributed by atoms with van der Waals surface area (Å²) in [7, 11) is 0. The van der Waals surface area contributed by atoms with Crippen molar-refractivity contribution in [3.05, 3.63) is 29.8 Å². The molecule has 3 heteroatoms. The molecule has 2 unspecified atom stereocenters. The summed E-state index contributed by atoms with van der Waals surface area (Å²) in [6.07, 6.45) is 5.63. The van der Waals surface area contributed by atoms with Crippen molar-refractivity contribution in [3.8, 4) is 18.1 Å². The second-order valence-corrected chi connectivity index (χ2v) is 4.38. The number of hydrogen-bond acceptors (Lipinski definition) is 3. The second-order valence-electron chi connectivity index (χ2n) is 4.38. The maximum absolute atomic E-state index is 9.18. The molecule has 0 aromatic heterocycles. The molecule has 1 rings (SSSR count). The summed E-state index contributed by atoms with van der Waals surface area (Å²) >= 11 is 0. The van der Waals surface area contributed by atoms with E-state index >= 15 is 0 Å². The van der Waals surface area contributed by atoms with Gasteiger partial charge in [0.25, 0.3) is 0 Å². The van der Waals surface area contributed by atoms with Crippen LogP contribution in [-0.4, -0.2) is 24.4 Å². The standard InChI is InChI=1S/C15H21NO2/c1-4-11-18-15-7-5-14(6-8-15)13(3)16-10-9-12(2)17/h1,5-8,12-13,16-17H,9-11H2,2-3H3. The molecule has 0 aliphatic rings. The Bertz CT molecular complexity index is 378. The number of terminal acetylenes is 1. The highest BCUT2D eigenvalue weighted by Crippen LogP contribution is 2.17. The lowest BCUT2D eigenvalue weighted by molar-refractivity contribution is 0.182. The highest BCUT2D eigenvalue weighted by atomic mass is 16.5. The van der Waals surface area contributed by atoms with Crippen LogP contribution in [0.25, 0.3) is 0 Å². The van der Waals surface area contributed by atoms with Crippen molar-refractivity contribution >= 4 is 0 Å². The zero-order valence-corrected chi connectivity index (χ0v) is 11.0. The van der Waals surface area contributed by atoms with Crippen molar-refractivity contribution in [3.63, 3.8) is 0 Å². The first-order chi connectivity index (χ1) is 8.63. The van der Waals surface area contributed by atoms with E-state index in [0.717, 1.165) is 18.7 Å². The summed E-state index contributed by atoms with van der Waals surface area (Å²) in [6, 6.07) is 8.13. The van der Waals surface area contributed by atoms with Gasteiger partial charge in [0.2, 0.25) is 0 Å². The van der Waals surface area contributed by atoms with Gasteiger partial charge >= 0.3 is 0 Å².